The summed E-state index contributed by atoms with van der Waals surface area (Å²) >= 11 is 5.98. The van der Waals surface area contributed by atoms with Crippen LogP contribution in [0.25, 0.3) is 0 Å². The van der Waals surface area contributed by atoms with Gasteiger partial charge in [-0.05, 0) is 36.5 Å². The topological polar surface area (TPSA) is 48.8 Å². The predicted octanol–water partition coefficient (Wildman–Crippen LogP) is 3.98. The number of alkyl halides is 1. The summed E-state index contributed by atoms with van der Waals surface area (Å²) in [7, 11) is 0. The molecule has 1 aliphatic rings. The van der Waals surface area contributed by atoms with Gasteiger partial charge in [0.25, 0.3) is 0 Å². The number of hydrogen-bond donors (Lipinski definition) is 2. The van der Waals surface area contributed by atoms with Crippen LogP contribution in [0, 0.1) is 0 Å². The Hall–Kier alpha value is -2.07. The normalized spacial score (nSPS) is 18.8. The molecule has 2 N–H and O–H groups in total. The molecule has 0 bridgehead atoms. The zero-order valence-corrected chi connectivity index (χ0v) is 15.0. The van der Waals surface area contributed by atoms with E-state index in [2.05, 4.69) is 58.3 Å². The Balaban J connectivity index is 1.72. The molecule has 0 aromatic heterocycles. The second kappa shape index (κ2) is 9.93. The van der Waals surface area contributed by atoms with Gasteiger partial charge in [0.2, 0.25) is 0 Å². The van der Waals surface area contributed by atoms with Crippen molar-refractivity contribution in [3.05, 3.63) is 59.2 Å². The third-order valence-corrected chi connectivity index (χ3v) is 3.88. The molecule has 1 aliphatic carbocycles. The average Bonchev–Trinajstić information content (AvgIpc) is 2.58. The highest BCUT2D eigenvalue weighted by Gasteiger charge is 2.03. The van der Waals surface area contributed by atoms with Crippen LogP contribution in [0.1, 0.15) is 37.8 Å². The highest BCUT2D eigenvalue weighted by atomic mass is 35.5. The van der Waals surface area contributed by atoms with Crippen LogP contribution in [0.2, 0.25) is 0 Å². The van der Waals surface area contributed by atoms with E-state index < -0.39 is 0 Å². The number of benzene rings is 1. The molecule has 0 saturated carbocycles. The van der Waals surface area contributed by atoms with Gasteiger partial charge in [0.05, 0.1) is 17.8 Å². The van der Waals surface area contributed by atoms with Crippen molar-refractivity contribution in [3.63, 3.8) is 0 Å². The number of aryl methyl sites for hydroxylation is 1. The van der Waals surface area contributed by atoms with Gasteiger partial charge < -0.3 is 0 Å². The largest absolute Gasteiger partial charge is 0.287 e. The summed E-state index contributed by atoms with van der Waals surface area (Å²) in [5, 5.41) is 8.54. The summed E-state index contributed by atoms with van der Waals surface area (Å²) in [5.41, 5.74) is 9.48. The molecule has 4 nitrogen and oxygen atoms in total. The molecular formula is C19H25ClN4. The summed E-state index contributed by atoms with van der Waals surface area (Å²) < 4.78 is 0. The van der Waals surface area contributed by atoms with Crippen LogP contribution in [-0.2, 0) is 6.42 Å². The van der Waals surface area contributed by atoms with Crippen LogP contribution >= 0.6 is 11.6 Å². The van der Waals surface area contributed by atoms with E-state index in [1.165, 1.54) is 5.56 Å². The van der Waals surface area contributed by atoms with Gasteiger partial charge in [0, 0.05) is 0 Å². The van der Waals surface area contributed by atoms with Gasteiger partial charge in [-0.15, -0.1) is 11.6 Å². The fourth-order valence-electron chi connectivity index (χ4n) is 2.24. The number of nitrogens with one attached hydrogen (secondary N) is 2. The lowest BCUT2D eigenvalue weighted by Crippen LogP contribution is -2.33. The third-order valence-electron chi connectivity index (χ3n) is 3.56. The molecule has 1 aromatic carbocycles. The minimum absolute atomic E-state index is 0.0641. The van der Waals surface area contributed by atoms with Crippen molar-refractivity contribution < 1.29 is 0 Å². The second-order valence-electron chi connectivity index (χ2n) is 5.80. The molecule has 24 heavy (non-hydrogen) atoms. The number of hydrogen-bond acceptors (Lipinski definition) is 4. The van der Waals surface area contributed by atoms with Gasteiger partial charge in [-0.25, -0.2) is 0 Å². The first-order valence-electron chi connectivity index (χ1n) is 8.36. The van der Waals surface area contributed by atoms with Crippen molar-refractivity contribution in [2.45, 2.75) is 44.7 Å². The molecule has 0 saturated heterocycles. The van der Waals surface area contributed by atoms with Gasteiger partial charge in [0.1, 0.15) is 6.17 Å². The second-order valence-corrected chi connectivity index (χ2v) is 6.36. The number of allylic oxidation sites excluding steroid dienone is 4. The molecule has 128 valence electrons. The van der Waals surface area contributed by atoms with Crippen LogP contribution in [0.5, 0.6) is 0 Å². The summed E-state index contributed by atoms with van der Waals surface area (Å²) in [6, 6.07) is 8.46. The van der Waals surface area contributed by atoms with E-state index >= 15 is 0 Å². The first-order chi connectivity index (χ1) is 11.7. The monoisotopic (exact) mass is 344 g/mol. The van der Waals surface area contributed by atoms with Crippen molar-refractivity contribution in [1.82, 2.24) is 10.9 Å². The number of halogens is 1. The lowest BCUT2D eigenvalue weighted by molar-refractivity contribution is 0.484. The zero-order chi connectivity index (χ0) is 17.2. The van der Waals surface area contributed by atoms with Gasteiger partial charge in [-0.2, -0.15) is 10.2 Å². The maximum atomic E-state index is 5.98. The molecule has 5 heteroatoms. The van der Waals surface area contributed by atoms with E-state index in [-0.39, 0.29) is 11.5 Å². The van der Waals surface area contributed by atoms with Crippen molar-refractivity contribution in [2.24, 2.45) is 10.2 Å². The van der Waals surface area contributed by atoms with Gasteiger partial charge in [-0.3, -0.25) is 10.9 Å². The maximum absolute atomic E-state index is 5.98. The minimum atomic E-state index is -0.0641. The van der Waals surface area contributed by atoms with E-state index in [0.717, 1.165) is 30.4 Å². The quantitative estimate of drug-likeness (QED) is 0.324. The van der Waals surface area contributed by atoms with Crippen LogP contribution in [0.3, 0.4) is 0 Å². The molecule has 2 unspecified atom stereocenters. The summed E-state index contributed by atoms with van der Waals surface area (Å²) in [5.74, 6) is 0. The van der Waals surface area contributed by atoms with Crippen molar-refractivity contribution in [1.29, 1.82) is 0 Å². The van der Waals surface area contributed by atoms with E-state index in [1.54, 1.807) is 6.21 Å². The lowest BCUT2D eigenvalue weighted by atomic mass is 10.1. The van der Waals surface area contributed by atoms with Crippen LogP contribution < -0.4 is 10.9 Å². The van der Waals surface area contributed by atoms with E-state index in [4.69, 9.17) is 11.6 Å². The highest BCUT2D eigenvalue weighted by molar-refractivity contribution is 6.22. The SMILES string of the molecule is CCCc1ccc(/C=N/NC(C)N/N=C/C2=CCC(Cl)C=C2)cc1. The number of rotatable bonds is 8. The van der Waals surface area contributed by atoms with Crippen molar-refractivity contribution in [3.8, 4) is 0 Å². The van der Waals surface area contributed by atoms with Crippen molar-refractivity contribution in [2.75, 3.05) is 0 Å². The molecule has 2 rings (SSSR count). The van der Waals surface area contributed by atoms with Gasteiger partial charge in [0.15, 0.2) is 0 Å². The molecule has 0 radical (unpaired) electrons. The minimum Gasteiger partial charge on any atom is -0.287 e. The van der Waals surface area contributed by atoms with Crippen LogP contribution in [0.15, 0.2) is 58.3 Å². The summed E-state index contributed by atoms with van der Waals surface area (Å²) in [6.07, 6.45) is 12.7. The van der Waals surface area contributed by atoms with Crippen molar-refractivity contribution >= 4 is 24.0 Å². The Labute approximate surface area is 149 Å². The molecule has 0 fully saturated rings. The fraction of sp³-hybridized carbons (Fsp3) is 0.368. The van der Waals surface area contributed by atoms with E-state index in [0.29, 0.717) is 0 Å². The fourth-order valence-corrected chi connectivity index (χ4v) is 2.40. The van der Waals surface area contributed by atoms with Gasteiger partial charge >= 0.3 is 0 Å². The van der Waals surface area contributed by atoms with Crippen LogP contribution in [-0.4, -0.2) is 24.0 Å². The molecular weight excluding hydrogens is 320 g/mol. The van der Waals surface area contributed by atoms with Gasteiger partial charge in [-0.1, -0.05) is 55.8 Å². The molecule has 0 aliphatic heterocycles. The Morgan fingerprint density at radius 3 is 2.54 bits per heavy atom. The third kappa shape index (κ3) is 6.59. The summed E-state index contributed by atoms with van der Waals surface area (Å²) in [6.45, 7) is 4.14. The Morgan fingerprint density at radius 2 is 1.92 bits per heavy atom. The first kappa shape index (κ1) is 18.3. The van der Waals surface area contributed by atoms with E-state index in [9.17, 15) is 0 Å². The van der Waals surface area contributed by atoms with Crippen LogP contribution in [0.4, 0.5) is 0 Å². The predicted molar refractivity (Wildman–Crippen MR) is 104 cm³/mol. The smallest absolute Gasteiger partial charge is 0.125 e. The molecule has 1 aromatic rings. The molecule has 2 atom stereocenters. The Morgan fingerprint density at radius 1 is 1.21 bits per heavy atom. The molecule has 0 amide bonds. The number of hydrazone groups is 2. The lowest BCUT2D eigenvalue weighted by Gasteiger charge is -2.10. The molecule has 0 heterocycles. The average molecular weight is 345 g/mol. The first-order valence-corrected chi connectivity index (χ1v) is 8.79. The number of nitrogens with zero attached hydrogens (tertiary/aromatic N) is 2. The zero-order valence-electron chi connectivity index (χ0n) is 14.2. The molecule has 0 spiro atoms. The summed E-state index contributed by atoms with van der Waals surface area (Å²) in [4.78, 5) is 0. The highest BCUT2D eigenvalue weighted by Crippen LogP contribution is 2.13. The Bertz CT molecular complexity index is 617. The van der Waals surface area contributed by atoms with E-state index in [1.807, 2.05) is 25.3 Å². The standard InChI is InChI=1S/C19H25ClN4/c1-3-4-16-5-7-17(8-6-16)13-21-23-15(2)24-22-14-18-9-11-19(20)12-10-18/h5-11,13-15,19,23-24H,3-4,12H2,1-2H3/b21-13+,22-14+. The Kier molecular flexibility index (Phi) is 7.56. The maximum Gasteiger partial charge on any atom is 0.125 e.